The molecule has 0 spiro atoms. The molecule has 0 aliphatic carbocycles. The largest absolute Gasteiger partial charge is 0.335 e. The Labute approximate surface area is 156 Å². The van der Waals surface area contributed by atoms with Crippen molar-refractivity contribution >= 4 is 40.7 Å². The van der Waals surface area contributed by atoms with E-state index in [4.69, 9.17) is 23.2 Å². The van der Waals surface area contributed by atoms with Gasteiger partial charge >= 0.3 is 0 Å². The molecule has 1 fully saturated rings. The van der Waals surface area contributed by atoms with E-state index in [1.54, 1.807) is 23.1 Å². The monoisotopic (exact) mass is 376 g/mol. The molecule has 1 N–H and O–H groups in total. The van der Waals surface area contributed by atoms with E-state index in [1.807, 2.05) is 37.3 Å². The molecule has 0 unspecified atom stereocenters. The van der Waals surface area contributed by atoms with Crippen LogP contribution in [0.5, 0.6) is 0 Å². The fourth-order valence-electron chi connectivity index (χ4n) is 3.02. The Hall–Kier alpha value is -2.04. The number of carbonyl (C=O) groups excluding carboxylic acids is 2. The van der Waals surface area contributed by atoms with Crippen molar-refractivity contribution < 1.29 is 9.59 Å². The maximum absolute atomic E-state index is 12.5. The third-order valence-electron chi connectivity index (χ3n) is 4.47. The van der Waals surface area contributed by atoms with Crippen molar-refractivity contribution in [1.29, 1.82) is 0 Å². The Balaban J connectivity index is 1.68. The summed E-state index contributed by atoms with van der Waals surface area (Å²) in [6, 6.07) is 14.6. The van der Waals surface area contributed by atoms with Crippen LogP contribution >= 0.6 is 23.2 Å². The molecule has 6 heteroatoms. The molecule has 1 saturated heterocycles. The normalized spacial score (nSPS) is 18.3. The minimum atomic E-state index is -0.398. The number of hydrogen-bond donors (Lipinski definition) is 1. The van der Waals surface area contributed by atoms with Crippen LogP contribution in [0.1, 0.15) is 24.9 Å². The van der Waals surface area contributed by atoms with E-state index in [1.165, 1.54) is 0 Å². The highest BCUT2D eigenvalue weighted by molar-refractivity contribution is 6.36. The van der Waals surface area contributed by atoms with Gasteiger partial charge in [0.1, 0.15) is 0 Å². The zero-order chi connectivity index (χ0) is 18.0. The van der Waals surface area contributed by atoms with Crippen LogP contribution in [0.4, 0.5) is 5.69 Å². The molecular formula is C19H18Cl2N2O2. The zero-order valence-electron chi connectivity index (χ0n) is 13.7. The minimum Gasteiger partial charge on any atom is -0.335 e. The van der Waals surface area contributed by atoms with Crippen LogP contribution in [-0.2, 0) is 9.59 Å². The molecule has 2 aromatic rings. The van der Waals surface area contributed by atoms with Crippen LogP contribution in [0.3, 0.4) is 0 Å². The standard InChI is InChI=1S/C19H18Cl2N2O2/c1-12(13-5-3-2-4-6-13)23-11-14(9-18(23)24)19(25)22-17-8-7-15(20)10-16(17)21/h2-8,10,12,14H,9,11H2,1H3,(H,22,25)/t12-,14+/m1/s1. The molecule has 2 amide bonds. The van der Waals surface area contributed by atoms with Gasteiger partial charge in [0.25, 0.3) is 0 Å². The van der Waals surface area contributed by atoms with E-state index in [0.29, 0.717) is 22.3 Å². The number of nitrogens with zero attached hydrogens (tertiary/aromatic N) is 1. The van der Waals surface area contributed by atoms with Gasteiger partial charge in [-0.2, -0.15) is 0 Å². The Bertz CT molecular complexity index is 795. The summed E-state index contributed by atoms with van der Waals surface area (Å²) in [6.45, 7) is 2.37. The average molecular weight is 377 g/mol. The summed E-state index contributed by atoms with van der Waals surface area (Å²) in [4.78, 5) is 26.6. The van der Waals surface area contributed by atoms with Crippen molar-refractivity contribution in [3.63, 3.8) is 0 Å². The first-order chi connectivity index (χ1) is 12.0. The first kappa shape index (κ1) is 17.8. The fourth-order valence-corrected chi connectivity index (χ4v) is 3.47. The smallest absolute Gasteiger partial charge is 0.229 e. The molecule has 1 aliphatic rings. The topological polar surface area (TPSA) is 49.4 Å². The van der Waals surface area contributed by atoms with Crippen LogP contribution in [-0.4, -0.2) is 23.3 Å². The van der Waals surface area contributed by atoms with Crippen molar-refractivity contribution in [1.82, 2.24) is 4.90 Å². The number of amides is 2. The third kappa shape index (κ3) is 3.97. The molecule has 25 heavy (non-hydrogen) atoms. The van der Waals surface area contributed by atoms with Gasteiger partial charge in [0.15, 0.2) is 0 Å². The predicted octanol–water partition coefficient (Wildman–Crippen LogP) is 4.54. The number of rotatable bonds is 4. The van der Waals surface area contributed by atoms with Crippen molar-refractivity contribution in [2.45, 2.75) is 19.4 Å². The SMILES string of the molecule is C[C@H](c1ccccc1)N1C[C@@H](C(=O)Nc2ccc(Cl)cc2Cl)CC1=O. The molecular weight excluding hydrogens is 359 g/mol. The quantitative estimate of drug-likeness (QED) is 0.851. The van der Waals surface area contributed by atoms with E-state index in [0.717, 1.165) is 5.56 Å². The molecule has 0 radical (unpaired) electrons. The molecule has 0 saturated carbocycles. The lowest BCUT2D eigenvalue weighted by molar-refractivity contribution is -0.129. The number of anilines is 1. The lowest BCUT2D eigenvalue weighted by atomic mass is 10.1. The summed E-state index contributed by atoms with van der Waals surface area (Å²) in [5.74, 6) is -0.621. The summed E-state index contributed by atoms with van der Waals surface area (Å²) in [7, 11) is 0. The molecule has 4 nitrogen and oxygen atoms in total. The van der Waals surface area contributed by atoms with E-state index in [2.05, 4.69) is 5.32 Å². The van der Waals surface area contributed by atoms with Gasteiger partial charge < -0.3 is 10.2 Å². The molecule has 2 aromatic carbocycles. The first-order valence-corrected chi connectivity index (χ1v) is 8.81. The molecule has 2 atom stereocenters. The van der Waals surface area contributed by atoms with Gasteiger partial charge in [-0.05, 0) is 30.7 Å². The fraction of sp³-hybridized carbons (Fsp3) is 0.263. The number of carbonyl (C=O) groups is 2. The van der Waals surface area contributed by atoms with Crippen molar-refractivity contribution in [2.24, 2.45) is 5.92 Å². The Morgan fingerprint density at radius 2 is 1.92 bits per heavy atom. The highest BCUT2D eigenvalue weighted by Crippen LogP contribution is 2.30. The van der Waals surface area contributed by atoms with E-state index in [9.17, 15) is 9.59 Å². The van der Waals surface area contributed by atoms with Gasteiger partial charge in [-0.25, -0.2) is 0 Å². The predicted molar refractivity (Wildman–Crippen MR) is 99.8 cm³/mol. The molecule has 0 aromatic heterocycles. The van der Waals surface area contributed by atoms with Crippen LogP contribution < -0.4 is 5.32 Å². The summed E-state index contributed by atoms with van der Waals surface area (Å²) >= 11 is 12.0. The average Bonchev–Trinajstić information content (AvgIpc) is 2.99. The molecule has 130 valence electrons. The van der Waals surface area contributed by atoms with Crippen LogP contribution in [0.25, 0.3) is 0 Å². The van der Waals surface area contributed by atoms with Gasteiger partial charge in [0.2, 0.25) is 11.8 Å². The van der Waals surface area contributed by atoms with Gasteiger partial charge in [-0.3, -0.25) is 9.59 Å². The summed E-state index contributed by atoms with van der Waals surface area (Å²) in [5, 5.41) is 3.67. The van der Waals surface area contributed by atoms with E-state index in [-0.39, 0.29) is 24.3 Å². The Kier molecular flexibility index (Phi) is 5.30. The second-order valence-electron chi connectivity index (χ2n) is 6.15. The number of hydrogen-bond acceptors (Lipinski definition) is 2. The highest BCUT2D eigenvalue weighted by atomic mass is 35.5. The van der Waals surface area contributed by atoms with Gasteiger partial charge in [0.05, 0.1) is 22.7 Å². The van der Waals surface area contributed by atoms with Crippen LogP contribution in [0.2, 0.25) is 10.0 Å². The second kappa shape index (κ2) is 7.46. The maximum Gasteiger partial charge on any atom is 0.229 e. The molecule has 3 rings (SSSR count). The summed E-state index contributed by atoms with van der Waals surface area (Å²) in [5.41, 5.74) is 1.55. The van der Waals surface area contributed by atoms with Crippen molar-refractivity contribution in [3.8, 4) is 0 Å². The maximum atomic E-state index is 12.5. The Morgan fingerprint density at radius 3 is 2.60 bits per heavy atom. The number of halogens is 2. The Morgan fingerprint density at radius 1 is 1.20 bits per heavy atom. The minimum absolute atomic E-state index is 0.0151. The number of benzene rings is 2. The van der Waals surface area contributed by atoms with Gasteiger partial charge in [-0.1, -0.05) is 53.5 Å². The number of nitrogens with one attached hydrogen (secondary N) is 1. The van der Waals surface area contributed by atoms with Gasteiger partial charge in [-0.15, -0.1) is 0 Å². The van der Waals surface area contributed by atoms with Crippen molar-refractivity contribution in [3.05, 3.63) is 64.1 Å². The lowest BCUT2D eigenvalue weighted by Crippen LogP contribution is -2.30. The highest BCUT2D eigenvalue weighted by Gasteiger charge is 2.37. The summed E-state index contributed by atoms with van der Waals surface area (Å²) in [6.07, 6.45) is 0.203. The lowest BCUT2D eigenvalue weighted by Gasteiger charge is -2.25. The van der Waals surface area contributed by atoms with Gasteiger partial charge in [0, 0.05) is 18.0 Å². The van der Waals surface area contributed by atoms with Crippen LogP contribution in [0, 0.1) is 5.92 Å². The first-order valence-electron chi connectivity index (χ1n) is 8.06. The van der Waals surface area contributed by atoms with E-state index < -0.39 is 5.92 Å². The molecule has 1 heterocycles. The van der Waals surface area contributed by atoms with Crippen LogP contribution in [0.15, 0.2) is 48.5 Å². The van der Waals surface area contributed by atoms with E-state index >= 15 is 0 Å². The summed E-state index contributed by atoms with van der Waals surface area (Å²) < 4.78 is 0. The number of likely N-dealkylation sites (tertiary alicyclic amines) is 1. The molecule has 1 aliphatic heterocycles. The third-order valence-corrected chi connectivity index (χ3v) is 5.02. The zero-order valence-corrected chi connectivity index (χ0v) is 15.2. The molecule has 0 bridgehead atoms. The second-order valence-corrected chi connectivity index (χ2v) is 6.99. The van der Waals surface area contributed by atoms with Crippen molar-refractivity contribution in [2.75, 3.05) is 11.9 Å².